The summed E-state index contributed by atoms with van der Waals surface area (Å²) in [7, 11) is -4.31. The second-order valence-corrected chi connectivity index (χ2v) is 12.7. The van der Waals surface area contributed by atoms with Gasteiger partial charge < -0.3 is 15.0 Å². The van der Waals surface area contributed by atoms with Crippen LogP contribution in [-0.2, 0) is 26.2 Å². The molecule has 8 nitrogen and oxygen atoms in total. The van der Waals surface area contributed by atoms with E-state index in [1.54, 1.807) is 32.0 Å². The number of ether oxygens (including phenoxy) is 1. The third-order valence-corrected chi connectivity index (χ3v) is 8.83. The molecule has 3 aromatic carbocycles. The second-order valence-electron chi connectivity index (χ2n) is 9.98. The minimum absolute atomic E-state index is 0.0493. The number of nitrogens with one attached hydrogen (secondary N) is 1. The Morgan fingerprint density at radius 3 is 2.17 bits per heavy atom. The van der Waals surface area contributed by atoms with E-state index in [-0.39, 0.29) is 28.1 Å². The van der Waals surface area contributed by atoms with Crippen LogP contribution in [0.1, 0.15) is 33.3 Å². The first-order valence-corrected chi connectivity index (χ1v) is 15.5. The maximum atomic E-state index is 13.9. The van der Waals surface area contributed by atoms with E-state index in [0.29, 0.717) is 29.5 Å². The molecule has 0 saturated carbocycles. The molecule has 0 unspecified atom stereocenters. The summed E-state index contributed by atoms with van der Waals surface area (Å²) in [6, 6.07) is 14.4. The number of anilines is 1. The van der Waals surface area contributed by atoms with Gasteiger partial charge in [0, 0.05) is 13.1 Å². The van der Waals surface area contributed by atoms with E-state index >= 15 is 0 Å². The van der Waals surface area contributed by atoms with Gasteiger partial charge >= 0.3 is 0 Å². The second kappa shape index (κ2) is 14.7. The molecule has 0 aliphatic rings. The Kier molecular flexibility index (Phi) is 11.6. The highest BCUT2D eigenvalue weighted by atomic mass is 35.5. The number of carbonyl (C=O) groups is 2. The molecule has 0 bridgehead atoms. The minimum atomic E-state index is -4.31. The highest BCUT2D eigenvalue weighted by molar-refractivity contribution is 7.92. The van der Waals surface area contributed by atoms with Crippen molar-refractivity contribution in [2.75, 3.05) is 24.0 Å². The lowest BCUT2D eigenvalue weighted by Gasteiger charge is -2.32. The zero-order chi connectivity index (χ0) is 31.0. The topological polar surface area (TPSA) is 96.0 Å². The number of benzene rings is 3. The molecular weight excluding hydrogens is 604 g/mol. The summed E-state index contributed by atoms with van der Waals surface area (Å²) in [6.07, 6.45) is 0. The molecule has 2 amide bonds. The van der Waals surface area contributed by atoms with Gasteiger partial charge in [-0.15, -0.1) is 0 Å². The van der Waals surface area contributed by atoms with Crippen LogP contribution < -0.4 is 14.4 Å². The number of rotatable bonds is 13. The quantitative estimate of drug-likeness (QED) is 0.251. The smallest absolute Gasteiger partial charge is 0.264 e. The highest BCUT2D eigenvalue weighted by Gasteiger charge is 2.32. The summed E-state index contributed by atoms with van der Waals surface area (Å²) in [5.41, 5.74) is 0.661. The van der Waals surface area contributed by atoms with Crippen molar-refractivity contribution in [2.45, 2.75) is 45.2 Å². The Balaban J connectivity index is 2.02. The first-order chi connectivity index (χ1) is 19.8. The fraction of sp³-hybridized carbons (Fsp3) is 0.333. The Morgan fingerprint density at radius 1 is 0.952 bits per heavy atom. The molecule has 42 heavy (non-hydrogen) atoms. The summed E-state index contributed by atoms with van der Waals surface area (Å²) >= 11 is 12.3. The predicted octanol–water partition coefficient (Wildman–Crippen LogP) is 5.92. The van der Waals surface area contributed by atoms with Crippen LogP contribution in [0.4, 0.5) is 10.1 Å². The molecule has 0 heterocycles. The first kappa shape index (κ1) is 33.2. The summed E-state index contributed by atoms with van der Waals surface area (Å²) in [4.78, 5) is 28.2. The van der Waals surface area contributed by atoms with Gasteiger partial charge in [0.15, 0.2) is 0 Å². The molecule has 1 atom stereocenters. The van der Waals surface area contributed by atoms with Crippen LogP contribution in [0.25, 0.3) is 0 Å². The van der Waals surface area contributed by atoms with E-state index < -0.39 is 40.2 Å². The van der Waals surface area contributed by atoms with Gasteiger partial charge in [-0.05, 0) is 86.0 Å². The molecule has 0 aliphatic heterocycles. The van der Waals surface area contributed by atoms with Crippen LogP contribution >= 0.6 is 23.2 Å². The number of halogens is 3. The molecule has 12 heteroatoms. The first-order valence-electron chi connectivity index (χ1n) is 13.4. The molecule has 0 fully saturated rings. The Hall–Kier alpha value is -3.34. The van der Waals surface area contributed by atoms with Crippen molar-refractivity contribution in [3.8, 4) is 5.75 Å². The normalized spacial score (nSPS) is 12.1. The highest BCUT2D eigenvalue weighted by Crippen LogP contribution is 2.27. The van der Waals surface area contributed by atoms with E-state index in [1.807, 2.05) is 13.8 Å². The number of carbonyl (C=O) groups excluding carboxylic acids is 2. The molecule has 0 spiro atoms. The van der Waals surface area contributed by atoms with Crippen molar-refractivity contribution in [1.29, 1.82) is 0 Å². The van der Waals surface area contributed by atoms with Gasteiger partial charge in [0.05, 0.1) is 27.2 Å². The maximum Gasteiger partial charge on any atom is 0.264 e. The van der Waals surface area contributed by atoms with Crippen LogP contribution in [0, 0.1) is 11.7 Å². The molecule has 1 N–H and O–H groups in total. The molecular formula is C30H34Cl2FN3O5S. The van der Waals surface area contributed by atoms with Gasteiger partial charge in [-0.2, -0.15) is 0 Å². The van der Waals surface area contributed by atoms with Gasteiger partial charge in [0.2, 0.25) is 11.8 Å². The van der Waals surface area contributed by atoms with E-state index in [2.05, 4.69) is 5.32 Å². The third-order valence-electron chi connectivity index (χ3n) is 6.30. The van der Waals surface area contributed by atoms with Crippen LogP contribution in [0.3, 0.4) is 0 Å². The van der Waals surface area contributed by atoms with E-state index in [1.165, 1.54) is 41.3 Å². The number of nitrogens with zero attached hydrogens (tertiary/aromatic N) is 2. The average Bonchev–Trinajstić information content (AvgIpc) is 2.95. The van der Waals surface area contributed by atoms with Gasteiger partial charge in [-0.1, -0.05) is 43.1 Å². The summed E-state index contributed by atoms with van der Waals surface area (Å²) in [5, 5.41) is 3.41. The molecule has 3 rings (SSSR count). The Bertz CT molecular complexity index is 1490. The minimum Gasteiger partial charge on any atom is -0.494 e. The summed E-state index contributed by atoms with van der Waals surface area (Å²) in [5.74, 6) is -0.976. The number of hydrogen-bond acceptors (Lipinski definition) is 5. The lowest BCUT2D eigenvalue weighted by molar-refractivity contribution is -0.139. The Morgan fingerprint density at radius 2 is 1.60 bits per heavy atom. The van der Waals surface area contributed by atoms with Gasteiger partial charge in [-0.3, -0.25) is 13.9 Å². The standard InChI is InChI=1S/C30H34Cl2FN3O5S/c1-5-41-25-11-13-26(14-12-25)42(39,40)36(24-9-7-23(33)8-10-24)19-29(37)35(21(4)30(38)34-17-20(2)3)18-22-6-15-27(31)28(32)16-22/h6-16,20-21H,5,17-19H2,1-4H3,(H,34,38)/t21-/m0/s1. The lowest BCUT2D eigenvalue weighted by Crippen LogP contribution is -2.51. The predicted molar refractivity (Wildman–Crippen MR) is 163 cm³/mol. The molecule has 3 aromatic rings. The van der Waals surface area contributed by atoms with Crippen molar-refractivity contribution in [1.82, 2.24) is 10.2 Å². The SMILES string of the molecule is CCOc1ccc(S(=O)(=O)N(CC(=O)N(Cc2ccc(Cl)c(Cl)c2)[C@@H](C)C(=O)NCC(C)C)c2ccc(F)cc2)cc1. The number of amides is 2. The number of hydrogen-bond donors (Lipinski definition) is 1. The maximum absolute atomic E-state index is 13.9. The molecule has 0 aliphatic carbocycles. The van der Waals surface area contributed by atoms with Gasteiger partial charge in [0.1, 0.15) is 24.2 Å². The van der Waals surface area contributed by atoms with Crippen molar-refractivity contribution in [3.63, 3.8) is 0 Å². The van der Waals surface area contributed by atoms with Crippen LogP contribution in [0.2, 0.25) is 10.0 Å². The van der Waals surface area contributed by atoms with Crippen molar-refractivity contribution in [2.24, 2.45) is 5.92 Å². The summed E-state index contributed by atoms with van der Waals surface area (Å²) < 4.78 is 47.8. The lowest BCUT2D eigenvalue weighted by atomic mass is 10.1. The van der Waals surface area contributed by atoms with Crippen molar-refractivity contribution >= 4 is 50.7 Å². The third kappa shape index (κ3) is 8.59. The molecule has 0 saturated heterocycles. The van der Waals surface area contributed by atoms with E-state index in [4.69, 9.17) is 27.9 Å². The largest absolute Gasteiger partial charge is 0.494 e. The monoisotopic (exact) mass is 637 g/mol. The Labute approximate surface area is 256 Å². The van der Waals surface area contributed by atoms with Gasteiger partial charge in [0.25, 0.3) is 10.0 Å². The van der Waals surface area contributed by atoms with Crippen LogP contribution in [-0.4, -0.2) is 50.9 Å². The zero-order valence-corrected chi connectivity index (χ0v) is 26.1. The van der Waals surface area contributed by atoms with E-state index in [9.17, 15) is 22.4 Å². The van der Waals surface area contributed by atoms with Crippen molar-refractivity contribution in [3.05, 3.63) is 88.2 Å². The van der Waals surface area contributed by atoms with Gasteiger partial charge in [-0.25, -0.2) is 12.8 Å². The van der Waals surface area contributed by atoms with Crippen molar-refractivity contribution < 1.29 is 27.1 Å². The number of sulfonamides is 1. The fourth-order valence-corrected chi connectivity index (χ4v) is 5.74. The average molecular weight is 639 g/mol. The van der Waals surface area contributed by atoms with E-state index in [0.717, 1.165) is 16.4 Å². The molecule has 226 valence electrons. The summed E-state index contributed by atoms with van der Waals surface area (Å²) in [6.45, 7) is 7.34. The zero-order valence-electron chi connectivity index (χ0n) is 23.8. The van der Waals surface area contributed by atoms with Crippen LogP contribution in [0.15, 0.2) is 71.6 Å². The van der Waals surface area contributed by atoms with Crippen LogP contribution in [0.5, 0.6) is 5.75 Å². The molecule has 0 aromatic heterocycles. The molecule has 0 radical (unpaired) electrons. The fourth-order valence-electron chi connectivity index (χ4n) is 4.01.